The minimum Gasteiger partial charge on any atom is -0.481 e. The van der Waals surface area contributed by atoms with Crippen molar-refractivity contribution in [2.45, 2.75) is 31.8 Å². The molecular formula is C11H15N3O2. The first-order chi connectivity index (χ1) is 7.75. The molecule has 86 valence electrons. The van der Waals surface area contributed by atoms with Crippen molar-refractivity contribution in [3.05, 3.63) is 24.3 Å². The Morgan fingerprint density at radius 1 is 1.44 bits per heavy atom. The van der Waals surface area contributed by atoms with Crippen LogP contribution in [0.15, 0.2) is 18.5 Å². The Morgan fingerprint density at radius 2 is 2.12 bits per heavy atom. The zero-order chi connectivity index (χ0) is 11.4. The largest absolute Gasteiger partial charge is 0.481 e. The molecule has 1 aromatic heterocycles. The second-order valence-electron chi connectivity index (χ2n) is 4.01. The summed E-state index contributed by atoms with van der Waals surface area (Å²) in [5.41, 5.74) is 0. The summed E-state index contributed by atoms with van der Waals surface area (Å²) < 4.78 is 0. The van der Waals surface area contributed by atoms with E-state index in [9.17, 15) is 4.79 Å². The first-order valence-electron chi connectivity index (χ1n) is 5.47. The number of carbonyl (C=O) groups is 1. The van der Waals surface area contributed by atoms with Crippen LogP contribution in [0.1, 0.15) is 25.1 Å². The minimum absolute atomic E-state index is 0.184. The molecule has 2 rings (SSSR count). The highest BCUT2D eigenvalue weighted by atomic mass is 16.4. The molecule has 1 heterocycles. The van der Waals surface area contributed by atoms with E-state index in [1.165, 1.54) is 0 Å². The van der Waals surface area contributed by atoms with Crippen LogP contribution < -0.4 is 0 Å². The van der Waals surface area contributed by atoms with Gasteiger partial charge in [-0.15, -0.1) is 0 Å². The Kier molecular flexibility index (Phi) is 3.46. The molecule has 0 aliphatic heterocycles. The van der Waals surface area contributed by atoms with Crippen LogP contribution in [0.4, 0.5) is 0 Å². The Morgan fingerprint density at radius 3 is 2.69 bits per heavy atom. The monoisotopic (exact) mass is 221 g/mol. The van der Waals surface area contributed by atoms with Crippen molar-refractivity contribution in [1.29, 1.82) is 0 Å². The highest BCUT2D eigenvalue weighted by Gasteiger charge is 2.29. The van der Waals surface area contributed by atoms with Gasteiger partial charge >= 0.3 is 5.97 Å². The van der Waals surface area contributed by atoms with Crippen molar-refractivity contribution in [2.75, 3.05) is 6.54 Å². The highest BCUT2D eigenvalue weighted by molar-refractivity contribution is 5.66. The fourth-order valence-corrected chi connectivity index (χ4v) is 1.66. The van der Waals surface area contributed by atoms with Gasteiger partial charge in [0.1, 0.15) is 5.82 Å². The molecule has 1 aromatic rings. The third-order valence-electron chi connectivity index (χ3n) is 2.64. The van der Waals surface area contributed by atoms with E-state index in [4.69, 9.17) is 5.11 Å². The molecule has 1 aliphatic carbocycles. The molecule has 5 heteroatoms. The van der Waals surface area contributed by atoms with Crippen molar-refractivity contribution in [3.8, 4) is 0 Å². The lowest BCUT2D eigenvalue weighted by Crippen LogP contribution is -2.29. The van der Waals surface area contributed by atoms with Crippen molar-refractivity contribution in [1.82, 2.24) is 14.9 Å². The van der Waals surface area contributed by atoms with Gasteiger partial charge in [0.2, 0.25) is 0 Å². The molecule has 0 amide bonds. The smallest absolute Gasteiger partial charge is 0.304 e. The number of hydrogen-bond acceptors (Lipinski definition) is 4. The van der Waals surface area contributed by atoms with E-state index in [1.807, 2.05) is 0 Å². The van der Waals surface area contributed by atoms with Crippen molar-refractivity contribution >= 4 is 5.97 Å². The molecule has 1 fully saturated rings. The SMILES string of the molecule is O=C(O)CCN(Cc1ncccn1)C1CC1. The van der Waals surface area contributed by atoms with Gasteiger partial charge in [-0.2, -0.15) is 0 Å². The molecule has 5 nitrogen and oxygen atoms in total. The molecule has 0 bridgehead atoms. The molecule has 0 atom stereocenters. The molecule has 16 heavy (non-hydrogen) atoms. The van der Waals surface area contributed by atoms with Gasteiger partial charge in [0.25, 0.3) is 0 Å². The standard InChI is InChI=1S/C11H15N3O2/c15-11(16)4-7-14(9-2-3-9)8-10-12-5-1-6-13-10/h1,5-6,9H,2-4,7-8H2,(H,15,16). The molecule has 0 aromatic carbocycles. The predicted octanol–water partition coefficient (Wildman–Crippen LogP) is 0.916. The number of carboxylic acid groups (broad SMARTS) is 1. The molecule has 0 saturated heterocycles. The lowest BCUT2D eigenvalue weighted by molar-refractivity contribution is -0.137. The number of aromatic nitrogens is 2. The van der Waals surface area contributed by atoms with E-state index >= 15 is 0 Å². The van der Waals surface area contributed by atoms with Crippen molar-refractivity contribution < 1.29 is 9.90 Å². The maximum absolute atomic E-state index is 10.5. The summed E-state index contributed by atoms with van der Waals surface area (Å²) in [5.74, 6) is 0.0134. The molecule has 0 radical (unpaired) electrons. The van der Waals surface area contributed by atoms with Crippen LogP contribution in [0.2, 0.25) is 0 Å². The lowest BCUT2D eigenvalue weighted by Gasteiger charge is -2.19. The first-order valence-corrected chi connectivity index (χ1v) is 5.47. The van der Waals surface area contributed by atoms with E-state index in [1.54, 1.807) is 18.5 Å². The molecule has 1 saturated carbocycles. The molecule has 1 N–H and O–H groups in total. The van der Waals surface area contributed by atoms with Crippen LogP contribution in [0.25, 0.3) is 0 Å². The third kappa shape index (κ3) is 3.27. The predicted molar refractivity (Wildman–Crippen MR) is 57.7 cm³/mol. The number of aliphatic carboxylic acids is 1. The minimum atomic E-state index is -0.750. The summed E-state index contributed by atoms with van der Waals surface area (Å²) >= 11 is 0. The Labute approximate surface area is 94.1 Å². The second-order valence-corrected chi connectivity index (χ2v) is 4.01. The molecule has 0 unspecified atom stereocenters. The average Bonchev–Trinajstić information content (AvgIpc) is 3.09. The van der Waals surface area contributed by atoms with Gasteiger partial charge in [-0.25, -0.2) is 9.97 Å². The van der Waals surface area contributed by atoms with Crippen LogP contribution in [0, 0.1) is 0 Å². The van der Waals surface area contributed by atoms with Gasteiger partial charge in [0.15, 0.2) is 0 Å². The van der Waals surface area contributed by atoms with E-state index < -0.39 is 5.97 Å². The number of nitrogens with zero attached hydrogens (tertiary/aromatic N) is 3. The van der Waals surface area contributed by atoms with Gasteiger partial charge in [-0.05, 0) is 18.9 Å². The summed E-state index contributed by atoms with van der Waals surface area (Å²) in [5, 5.41) is 8.67. The number of hydrogen-bond donors (Lipinski definition) is 1. The Balaban J connectivity index is 1.90. The summed E-state index contributed by atoms with van der Waals surface area (Å²) in [4.78, 5) is 21.0. The summed E-state index contributed by atoms with van der Waals surface area (Å²) in [7, 11) is 0. The van der Waals surface area contributed by atoms with Crippen molar-refractivity contribution in [2.24, 2.45) is 0 Å². The van der Waals surface area contributed by atoms with Crippen LogP contribution in [0.3, 0.4) is 0 Å². The lowest BCUT2D eigenvalue weighted by atomic mass is 10.3. The normalized spacial score (nSPS) is 15.3. The molecular weight excluding hydrogens is 206 g/mol. The fraction of sp³-hybridized carbons (Fsp3) is 0.545. The Hall–Kier alpha value is -1.49. The van der Waals surface area contributed by atoms with Gasteiger partial charge in [-0.1, -0.05) is 0 Å². The second kappa shape index (κ2) is 5.03. The van der Waals surface area contributed by atoms with Gasteiger partial charge in [-0.3, -0.25) is 9.69 Å². The Bertz CT molecular complexity index is 352. The van der Waals surface area contributed by atoms with Crippen LogP contribution in [-0.2, 0) is 11.3 Å². The topological polar surface area (TPSA) is 66.3 Å². The number of carboxylic acids is 1. The third-order valence-corrected chi connectivity index (χ3v) is 2.64. The molecule has 0 spiro atoms. The van der Waals surface area contributed by atoms with Crippen LogP contribution >= 0.6 is 0 Å². The zero-order valence-electron chi connectivity index (χ0n) is 9.04. The van der Waals surface area contributed by atoms with Gasteiger partial charge < -0.3 is 5.11 Å². The van der Waals surface area contributed by atoms with Gasteiger partial charge in [0.05, 0.1) is 13.0 Å². The molecule has 1 aliphatic rings. The quantitative estimate of drug-likeness (QED) is 0.773. The van der Waals surface area contributed by atoms with E-state index in [2.05, 4.69) is 14.9 Å². The zero-order valence-corrected chi connectivity index (χ0v) is 9.04. The summed E-state index contributed by atoms with van der Waals surface area (Å²) in [6.07, 6.45) is 5.93. The fourth-order valence-electron chi connectivity index (χ4n) is 1.66. The first kappa shape index (κ1) is 11.0. The van der Waals surface area contributed by atoms with Gasteiger partial charge in [0, 0.05) is 25.0 Å². The summed E-state index contributed by atoms with van der Waals surface area (Å²) in [6, 6.07) is 2.31. The van der Waals surface area contributed by atoms with Crippen LogP contribution in [0.5, 0.6) is 0 Å². The summed E-state index contributed by atoms with van der Waals surface area (Å²) in [6.45, 7) is 1.23. The van der Waals surface area contributed by atoms with Crippen molar-refractivity contribution in [3.63, 3.8) is 0 Å². The van der Waals surface area contributed by atoms with E-state index in [0.29, 0.717) is 19.1 Å². The van der Waals surface area contributed by atoms with Crippen LogP contribution in [-0.4, -0.2) is 38.5 Å². The maximum atomic E-state index is 10.5. The highest BCUT2D eigenvalue weighted by Crippen LogP contribution is 2.27. The maximum Gasteiger partial charge on any atom is 0.304 e. The number of rotatable bonds is 6. The van der Waals surface area contributed by atoms with E-state index in [-0.39, 0.29) is 6.42 Å². The average molecular weight is 221 g/mol. The van der Waals surface area contributed by atoms with E-state index in [0.717, 1.165) is 18.7 Å².